The number of benzene rings is 2. The molecular weight excluding hydrogens is 406 g/mol. The Labute approximate surface area is 190 Å². The van der Waals surface area contributed by atoms with Gasteiger partial charge in [0.1, 0.15) is 18.1 Å². The van der Waals surface area contributed by atoms with Crippen LogP contribution in [0, 0.1) is 0 Å². The summed E-state index contributed by atoms with van der Waals surface area (Å²) in [5.74, 6) is 1.31. The molecule has 7 nitrogen and oxygen atoms in total. The van der Waals surface area contributed by atoms with E-state index in [0.29, 0.717) is 25.4 Å². The molecule has 0 saturated carbocycles. The molecular formula is C25H33N3O4. The zero-order valence-electron chi connectivity index (χ0n) is 19.2. The number of fused-ring (bicyclic) bond motifs is 1. The Hall–Kier alpha value is -3.06. The SMILES string of the molecule is CCN(CC)C(CNC(=O)CCC(=O)N1CCOc2ccccc21)c1cccc(OC)c1. The number of rotatable bonds is 10. The molecule has 1 unspecified atom stereocenters. The Morgan fingerprint density at radius 3 is 2.66 bits per heavy atom. The van der Waals surface area contributed by atoms with E-state index in [1.165, 1.54) is 0 Å². The molecule has 1 heterocycles. The van der Waals surface area contributed by atoms with Gasteiger partial charge in [0, 0.05) is 19.4 Å². The second-order valence-corrected chi connectivity index (χ2v) is 7.68. The number of likely N-dealkylation sites (N-methyl/N-ethyl adjacent to an activating group) is 1. The number of amides is 2. The van der Waals surface area contributed by atoms with Crippen molar-refractivity contribution in [2.45, 2.75) is 32.7 Å². The lowest BCUT2D eigenvalue weighted by atomic mass is 10.0. The van der Waals surface area contributed by atoms with Gasteiger partial charge in [-0.3, -0.25) is 14.5 Å². The zero-order chi connectivity index (χ0) is 22.9. The van der Waals surface area contributed by atoms with Gasteiger partial charge in [0.05, 0.1) is 25.4 Å². The molecule has 0 fully saturated rings. The number of nitrogens with zero attached hydrogens (tertiary/aromatic N) is 2. The predicted octanol–water partition coefficient (Wildman–Crippen LogP) is 3.40. The smallest absolute Gasteiger partial charge is 0.227 e. The van der Waals surface area contributed by atoms with Crippen LogP contribution < -0.4 is 19.7 Å². The van der Waals surface area contributed by atoms with Gasteiger partial charge in [-0.2, -0.15) is 0 Å². The summed E-state index contributed by atoms with van der Waals surface area (Å²) in [5, 5.41) is 3.03. The van der Waals surface area contributed by atoms with Gasteiger partial charge in [-0.1, -0.05) is 38.1 Å². The van der Waals surface area contributed by atoms with Gasteiger partial charge in [0.2, 0.25) is 11.8 Å². The zero-order valence-corrected chi connectivity index (χ0v) is 19.2. The van der Waals surface area contributed by atoms with Crippen LogP contribution in [0.5, 0.6) is 11.5 Å². The summed E-state index contributed by atoms with van der Waals surface area (Å²) in [6.45, 7) is 7.38. The third-order valence-corrected chi connectivity index (χ3v) is 5.82. The van der Waals surface area contributed by atoms with E-state index in [9.17, 15) is 9.59 Å². The highest BCUT2D eigenvalue weighted by Gasteiger charge is 2.24. The summed E-state index contributed by atoms with van der Waals surface area (Å²) >= 11 is 0. The normalized spacial score (nSPS) is 13.8. The maximum Gasteiger partial charge on any atom is 0.227 e. The molecule has 32 heavy (non-hydrogen) atoms. The van der Waals surface area contributed by atoms with E-state index in [-0.39, 0.29) is 30.7 Å². The highest BCUT2D eigenvalue weighted by atomic mass is 16.5. The number of hydrogen-bond donors (Lipinski definition) is 1. The summed E-state index contributed by atoms with van der Waals surface area (Å²) in [7, 11) is 1.65. The molecule has 2 aromatic carbocycles. The molecule has 0 radical (unpaired) electrons. The van der Waals surface area contributed by atoms with Crippen molar-refractivity contribution < 1.29 is 19.1 Å². The molecule has 0 aromatic heterocycles. The van der Waals surface area contributed by atoms with E-state index in [0.717, 1.165) is 30.1 Å². The Morgan fingerprint density at radius 1 is 1.12 bits per heavy atom. The Morgan fingerprint density at radius 2 is 1.91 bits per heavy atom. The lowest BCUT2D eigenvalue weighted by molar-refractivity contribution is -0.125. The van der Waals surface area contributed by atoms with Gasteiger partial charge < -0.3 is 19.7 Å². The third kappa shape index (κ3) is 5.79. The van der Waals surface area contributed by atoms with E-state index in [1.807, 2.05) is 42.5 Å². The van der Waals surface area contributed by atoms with Crippen LogP contribution in [-0.2, 0) is 9.59 Å². The molecule has 2 aromatic rings. The highest BCUT2D eigenvalue weighted by molar-refractivity contribution is 5.97. The number of anilines is 1. The molecule has 0 saturated heterocycles. The van der Waals surface area contributed by atoms with E-state index in [1.54, 1.807) is 12.0 Å². The van der Waals surface area contributed by atoms with Crippen LogP contribution in [0.25, 0.3) is 0 Å². The first-order chi connectivity index (χ1) is 15.6. The van der Waals surface area contributed by atoms with E-state index < -0.39 is 0 Å². The highest BCUT2D eigenvalue weighted by Crippen LogP contribution is 2.31. The van der Waals surface area contributed by atoms with Crippen molar-refractivity contribution in [2.75, 3.05) is 44.8 Å². The molecule has 172 valence electrons. The number of carbonyl (C=O) groups is 2. The average Bonchev–Trinajstić information content (AvgIpc) is 2.84. The minimum absolute atomic E-state index is 0.0332. The van der Waals surface area contributed by atoms with Crippen LogP contribution in [0.3, 0.4) is 0 Å². The minimum atomic E-state index is -0.125. The van der Waals surface area contributed by atoms with Crippen molar-refractivity contribution in [1.82, 2.24) is 10.2 Å². The van der Waals surface area contributed by atoms with Gasteiger partial charge in [-0.05, 0) is 42.9 Å². The maximum atomic E-state index is 12.8. The van der Waals surface area contributed by atoms with Gasteiger partial charge in [-0.15, -0.1) is 0 Å². The fraction of sp³-hybridized carbons (Fsp3) is 0.440. The summed E-state index contributed by atoms with van der Waals surface area (Å²) in [5.41, 5.74) is 1.86. The topological polar surface area (TPSA) is 71.1 Å². The van der Waals surface area contributed by atoms with Crippen molar-refractivity contribution in [3.05, 3.63) is 54.1 Å². The van der Waals surface area contributed by atoms with Crippen LogP contribution >= 0.6 is 0 Å². The van der Waals surface area contributed by atoms with Gasteiger partial charge in [0.25, 0.3) is 0 Å². The van der Waals surface area contributed by atoms with E-state index >= 15 is 0 Å². The lowest BCUT2D eigenvalue weighted by Gasteiger charge is -2.31. The number of hydrogen-bond acceptors (Lipinski definition) is 5. The second kappa shape index (κ2) is 11.5. The third-order valence-electron chi connectivity index (χ3n) is 5.82. The Kier molecular flexibility index (Phi) is 8.50. The average molecular weight is 440 g/mol. The molecule has 0 bridgehead atoms. The first-order valence-corrected chi connectivity index (χ1v) is 11.2. The van der Waals surface area contributed by atoms with Crippen LogP contribution in [0.1, 0.15) is 38.3 Å². The summed E-state index contributed by atoms with van der Waals surface area (Å²) in [6.07, 6.45) is 0.316. The van der Waals surface area contributed by atoms with Crippen molar-refractivity contribution in [2.24, 2.45) is 0 Å². The monoisotopic (exact) mass is 439 g/mol. The number of ether oxygens (including phenoxy) is 2. The summed E-state index contributed by atoms with van der Waals surface area (Å²) in [4.78, 5) is 29.4. The number of carbonyl (C=O) groups excluding carboxylic acids is 2. The maximum absolute atomic E-state index is 12.8. The minimum Gasteiger partial charge on any atom is -0.497 e. The van der Waals surface area contributed by atoms with Gasteiger partial charge in [-0.25, -0.2) is 0 Å². The van der Waals surface area contributed by atoms with Crippen LogP contribution in [-0.4, -0.2) is 56.6 Å². The van der Waals surface area contributed by atoms with E-state index in [4.69, 9.17) is 9.47 Å². The van der Waals surface area contributed by atoms with E-state index in [2.05, 4.69) is 30.1 Å². The van der Waals surface area contributed by atoms with Crippen molar-refractivity contribution in [3.63, 3.8) is 0 Å². The van der Waals surface area contributed by atoms with Crippen LogP contribution in [0.15, 0.2) is 48.5 Å². The van der Waals surface area contributed by atoms with Crippen molar-refractivity contribution >= 4 is 17.5 Å². The summed E-state index contributed by atoms with van der Waals surface area (Å²) in [6, 6.07) is 15.5. The Bertz CT molecular complexity index is 914. The quantitative estimate of drug-likeness (QED) is 0.614. The van der Waals surface area contributed by atoms with Gasteiger partial charge in [0.15, 0.2) is 0 Å². The molecule has 0 aliphatic carbocycles. The van der Waals surface area contributed by atoms with Crippen molar-refractivity contribution in [1.29, 1.82) is 0 Å². The van der Waals surface area contributed by atoms with Gasteiger partial charge >= 0.3 is 0 Å². The molecule has 2 amide bonds. The molecule has 0 spiro atoms. The second-order valence-electron chi connectivity index (χ2n) is 7.68. The number of para-hydroxylation sites is 2. The standard InChI is InChI=1S/C25H33N3O4/c1-4-27(5-2)22(19-9-8-10-20(17-19)31-3)18-26-24(29)13-14-25(30)28-15-16-32-23-12-7-6-11-21(23)28/h6-12,17,22H,4-5,13-16,18H2,1-3H3,(H,26,29). The molecule has 1 aliphatic heterocycles. The largest absolute Gasteiger partial charge is 0.497 e. The van der Waals surface area contributed by atoms with Crippen LogP contribution in [0.2, 0.25) is 0 Å². The number of nitrogens with one attached hydrogen (secondary N) is 1. The molecule has 3 rings (SSSR count). The molecule has 1 N–H and O–H groups in total. The lowest BCUT2D eigenvalue weighted by Crippen LogP contribution is -2.40. The first-order valence-electron chi connectivity index (χ1n) is 11.2. The fourth-order valence-corrected chi connectivity index (χ4v) is 4.05. The summed E-state index contributed by atoms with van der Waals surface area (Å²) < 4.78 is 11.0. The molecule has 7 heteroatoms. The van der Waals surface area contributed by atoms with Crippen molar-refractivity contribution in [3.8, 4) is 11.5 Å². The number of methoxy groups -OCH3 is 1. The predicted molar refractivity (Wildman–Crippen MR) is 125 cm³/mol. The Balaban J connectivity index is 1.58. The van der Waals surface area contributed by atoms with Crippen LogP contribution in [0.4, 0.5) is 5.69 Å². The molecule has 1 aliphatic rings. The molecule has 1 atom stereocenters. The first kappa shape index (κ1) is 23.6. The fourth-order valence-electron chi connectivity index (χ4n) is 4.05.